The standard InChI is InChI=1S/C32H58O12.C16H15F2N3Si/c1-3-5-6-7-8-9-10-11-12-13-14-15-16-17-18-22(4-2)30(40)42-29-26(37)24(20-34)43-32(29,21-35)44-31-28(39)27(38)25(36)23(19-33)41-31;1-22(12-21-11-19-10-20-21,15-6-2-13(17)3-7-15)16-8-4-14(18)5-9-16/h11-12,22-29,31,33-39H,3-10,13-21H2,1-2H3;2-11H,12H2,1H3/b12-11-;/t22?,23-,24-,25-,26-,27+,28-,29+,31-,32+;/m1./s1. The number of esters is 1. The molecule has 370 valence electrons. The fraction of sp³-hybridized carbons (Fsp3) is 0.646. The van der Waals surface area contributed by atoms with E-state index >= 15 is 0 Å². The number of unbranched alkanes of at least 4 members (excludes halogenated alkanes) is 10. The van der Waals surface area contributed by atoms with Crippen molar-refractivity contribution in [3.63, 3.8) is 0 Å². The number of rotatable bonds is 26. The van der Waals surface area contributed by atoms with E-state index in [2.05, 4.69) is 35.7 Å². The van der Waals surface area contributed by atoms with Crippen LogP contribution in [-0.4, -0.2) is 139 Å². The van der Waals surface area contributed by atoms with Gasteiger partial charge in [0.25, 0.3) is 0 Å². The van der Waals surface area contributed by atoms with Gasteiger partial charge in [-0.15, -0.1) is 0 Å². The van der Waals surface area contributed by atoms with Gasteiger partial charge in [0.15, 0.2) is 12.4 Å². The fourth-order valence-corrected chi connectivity index (χ4v) is 11.7. The van der Waals surface area contributed by atoms with E-state index < -0.39 is 94.6 Å². The Morgan fingerprint density at radius 3 is 1.86 bits per heavy atom. The number of halogens is 2. The molecule has 3 heterocycles. The van der Waals surface area contributed by atoms with E-state index in [0.29, 0.717) is 19.0 Å². The molecule has 2 aliphatic heterocycles. The lowest BCUT2D eigenvalue weighted by Crippen LogP contribution is -2.63. The van der Waals surface area contributed by atoms with Gasteiger partial charge in [-0.25, -0.2) is 13.8 Å². The number of nitrogens with zero attached hydrogens (tertiary/aromatic N) is 3. The van der Waals surface area contributed by atoms with Crippen molar-refractivity contribution in [1.82, 2.24) is 14.8 Å². The second kappa shape index (κ2) is 28.1. The molecule has 3 aromatic rings. The first-order valence-electron chi connectivity index (χ1n) is 23.5. The van der Waals surface area contributed by atoms with Crippen LogP contribution >= 0.6 is 0 Å². The van der Waals surface area contributed by atoms with Crippen molar-refractivity contribution in [3.8, 4) is 0 Å². The van der Waals surface area contributed by atoms with Gasteiger partial charge in [-0.2, -0.15) is 5.10 Å². The highest BCUT2D eigenvalue weighted by molar-refractivity contribution is 7.00. The highest BCUT2D eigenvalue weighted by Gasteiger charge is 2.61. The molecule has 2 aromatic carbocycles. The summed E-state index contributed by atoms with van der Waals surface area (Å²) in [7, 11) is -2.22. The normalized spacial score (nSPS) is 26.0. The van der Waals surface area contributed by atoms with Gasteiger partial charge in [-0.3, -0.25) is 9.48 Å². The van der Waals surface area contributed by atoms with Crippen molar-refractivity contribution in [2.45, 2.75) is 171 Å². The summed E-state index contributed by atoms with van der Waals surface area (Å²) in [6.45, 7) is 3.85. The maximum atomic E-state index is 13.2. The van der Waals surface area contributed by atoms with E-state index in [0.717, 1.165) is 48.9 Å². The van der Waals surface area contributed by atoms with Gasteiger partial charge >= 0.3 is 5.97 Å². The highest BCUT2D eigenvalue weighted by Crippen LogP contribution is 2.38. The zero-order valence-electron chi connectivity index (χ0n) is 38.6. The van der Waals surface area contributed by atoms with Crippen LogP contribution in [0.5, 0.6) is 0 Å². The third kappa shape index (κ3) is 15.5. The number of aromatic nitrogens is 3. The van der Waals surface area contributed by atoms with Gasteiger partial charge < -0.3 is 54.7 Å². The van der Waals surface area contributed by atoms with E-state index in [1.54, 1.807) is 11.0 Å². The monoisotopic (exact) mass is 949 g/mol. The van der Waals surface area contributed by atoms with Crippen molar-refractivity contribution < 1.29 is 68.3 Å². The molecule has 0 amide bonds. The number of carbonyl (C=O) groups excluding carboxylic acids is 1. The van der Waals surface area contributed by atoms with Gasteiger partial charge in [0.1, 0.15) is 75.6 Å². The predicted molar refractivity (Wildman–Crippen MR) is 245 cm³/mol. The minimum absolute atomic E-state index is 0.264. The van der Waals surface area contributed by atoms with Crippen LogP contribution in [0, 0.1) is 17.6 Å². The van der Waals surface area contributed by atoms with Crippen molar-refractivity contribution >= 4 is 24.4 Å². The Kier molecular flexibility index (Phi) is 23.4. The molecule has 1 aromatic heterocycles. The molecular formula is C48H73F2N3O12Si. The summed E-state index contributed by atoms with van der Waals surface area (Å²) in [5, 5.41) is 77.3. The number of aliphatic hydroxyl groups is 7. The molecule has 5 rings (SSSR count). The molecule has 66 heavy (non-hydrogen) atoms. The molecule has 18 heteroatoms. The smallest absolute Gasteiger partial charge is 0.309 e. The maximum Gasteiger partial charge on any atom is 0.309 e. The van der Waals surface area contributed by atoms with Crippen LogP contribution in [0.1, 0.15) is 104 Å². The quantitative estimate of drug-likeness (QED) is 0.0263. The van der Waals surface area contributed by atoms with Crippen LogP contribution < -0.4 is 10.4 Å². The van der Waals surface area contributed by atoms with Crippen LogP contribution in [0.4, 0.5) is 8.78 Å². The topological polar surface area (TPSA) is 226 Å². The van der Waals surface area contributed by atoms with Gasteiger partial charge in [-0.1, -0.05) is 119 Å². The molecule has 0 spiro atoms. The van der Waals surface area contributed by atoms with E-state index in [1.807, 2.05) is 31.2 Å². The summed E-state index contributed by atoms with van der Waals surface area (Å²) in [6, 6.07) is 13.1. The summed E-state index contributed by atoms with van der Waals surface area (Å²) < 4.78 is 50.6. The Hall–Kier alpha value is -3.53. The molecule has 2 aliphatic rings. The van der Waals surface area contributed by atoms with Gasteiger partial charge in [-0.05, 0) is 62.8 Å². The molecule has 1 unspecified atom stereocenters. The number of ether oxygens (including phenoxy) is 4. The summed E-state index contributed by atoms with van der Waals surface area (Å²) in [6.07, 6.45) is 10.5. The second-order valence-corrected chi connectivity index (χ2v) is 21.7. The lowest BCUT2D eigenvalue weighted by Gasteiger charge is -2.43. The molecule has 15 nitrogen and oxygen atoms in total. The lowest BCUT2D eigenvalue weighted by atomic mass is 9.97. The average molecular weight is 950 g/mol. The van der Waals surface area contributed by atoms with E-state index in [1.165, 1.54) is 69.1 Å². The predicted octanol–water partition coefficient (Wildman–Crippen LogP) is 3.82. The summed E-state index contributed by atoms with van der Waals surface area (Å²) >= 11 is 0. The largest absolute Gasteiger partial charge is 0.453 e. The Bertz CT molecular complexity index is 1780. The minimum atomic E-state index is -2.27. The first-order chi connectivity index (χ1) is 31.8. The molecule has 0 radical (unpaired) electrons. The average Bonchev–Trinajstić information content (AvgIpc) is 3.93. The Morgan fingerprint density at radius 2 is 1.35 bits per heavy atom. The van der Waals surface area contributed by atoms with Gasteiger partial charge in [0.05, 0.1) is 19.1 Å². The Labute approximate surface area is 388 Å². The summed E-state index contributed by atoms with van der Waals surface area (Å²) in [5.74, 6) is -3.92. The Balaban J connectivity index is 0.000000358. The number of hydrogen-bond donors (Lipinski definition) is 7. The minimum Gasteiger partial charge on any atom is -0.453 e. The third-order valence-corrected chi connectivity index (χ3v) is 16.8. The first-order valence-corrected chi connectivity index (χ1v) is 26.2. The van der Waals surface area contributed by atoms with E-state index in [9.17, 15) is 49.3 Å². The third-order valence-electron chi connectivity index (χ3n) is 12.6. The number of allylic oxidation sites excluding steroid dienone is 2. The van der Waals surface area contributed by atoms with Crippen LogP contribution in [0.15, 0.2) is 73.3 Å². The number of aliphatic hydroxyl groups excluding tert-OH is 7. The van der Waals surface area contributed by atoms with Crippen LogP contribution in [0.25, 0.3) is 0 Å². The van der Waals surface area contributed by atoms with E-state index in [-0.39, 0.29) is 11.6 Å². The second-order valence-electron chi connectivity index (χ2n) is 17.5. The molecule has 2 fully saturated rings. The molecule has 0 saturated carbocycles. The molecule has 0 bridgehead atoms. The van der Waals surface area contributed by atoms with E-state index in [4.69, 9.17) is 18.9 Å². The van der Waals surface area contributed by atoms with Gasteiger partial charge in [0, 0.05) is 6.17 Å². The number of hydrogen-bond acceptors (Lipinski definition) is 14. The van der Waals surface area contributed by atoms with Crippen LogP contribution in [-0.2, 0) is 29.9 Å². The highest BCUT2D eigenvalue weighted by atomic mass is 28.3. The number of benzene rings is 2. The van der Waals surface area contributed by atoms with Crippen molar-refractivity contribution in [3.05, 3.63) is 85.0 Å². The summed E-state index contributed by atoms with van der Waals surface area (Å²) in [4.78, 5) is 17.2. The van der Waals surface area contributed by atoms with Gasteiger partial charge in [0.2, 0.25) is 5.79 Å². The number of carbonyl (C=O) groups is 1. The molecule has 0 aliphatic carbocycles. The van der Waals surface area contributed by atoms with Crippen LogP contribution in [0.2, 0.25) is 6.55 Å². The lowest BCUT2D eigenvalue weighted by molar-refractivity contribution is -0.384. The zero-order valence-corrected chi connectivity index (χ0v) is 39.6. The molecular weight excluding hydrogens is 877 g/mol. The Morgan fingerprint density at radius 1 is 0.788 bits per heavy atom. The van der Waals surface area contributed by atoms with Crippen LogP contribution in [0.3, 0.4) is 0 Å². The molecule has 7 N–H and O–H groups in total. The first kappa shape index (κ1) is 55.1. The van der Waals surface area contributed by atoms with Crippen molar-refractivity contribution in [2.24, 2.45) is 5.92 Å². The van der Waals surface area contributed by atoms with Crippen molar-refractivity contribution in [2.75, 3.05) is 19.8 Å². The summed E-state index contributed by atoms with van der Waals surface area (Å²) in [5.41, 5.74) is 0. The maximum absolute atomic E-state index is 13.2. The molecule has 10 atom stereocenters. The molecule has 2 saturated heterocycles. The van der Waals surface area contributed by atoms with Crippen molar-refractivity contribution in [1.29, 1.82) is 0 Å². The fourth-order valence-electron chi connectivity index (χ4n) is 8.39. The SMILES string of the molecule is CCCCCCCC/C=C\CCCCCCC(CC)C(=O)O[C@H]1[C@H](O)[C@@H](CO)O[C@@]1(CO)O[C@H]1O[C@H](CO)[C@@H](O)[C@H](O)[C@H]1O.C[Si](Cn1cncn1)(c1ccc(F)cc1)c1ccc(F)cc1. The zero-order chi connectivity index (χ0) is 48.1.